The molecule has 0 saturated carbocycles. The summed E-state index contributed by atoms with van der Waals surface area (Å²) < 4.78 is 63.2. The first-order chi connectivity index (χ1) is 13.3. The number of carboxylic acids is 1. The molecule has 0 amide bonds. The molecule has 0 atom stereocenters. The Labute approximate surface area is 165 Å². The van der Waals surface area contributed by atoms with Gasteiger partial charge in [-0.15, -0.1) is 0 Å². The van der Waals surface area contributed by atoms with Crippen LogP contribution >= 0.6 is 0 Å². The molecular formula is C15H23F3N4O6S. The van der Waals surface area contributed by atoms with E-state index in [0.717, 1.165) is 25.8 Å². The van der Waals surface area contributed by atoms with Crippen molar-refractivity contribution in [3.05, 3.63) is 27.9 Å². The number of sulfonamides is 1. The van der Waals surface area contributed by atoms with E-state index in [1.165, 1.54) is 6.07 Å². The number of hydrogen-bond acceptors (Lipinski definition) is 7. The van der Waals surface area contributed by atoms with Gasteiger partial charge in [-0.05, 0) is 6.42 Å². The number of aromatic nitrogens is 2. The fourth-order valence-corrected chi connectivity index (χ4v) is 2.81. The second-order valence-electron chi connectivity index (χ2n) is 6.17. The van der Waals surface area contributed by atoms with Crippen LogP contribution in [0.3, 0.4) is 0 Å². The van der Waals surface area contributed by atoms with Crippen molar-refractivity contribution in [2.24, 2.45) is 0 Å². The maximum Gasteiger partial charge on any atom is 0.490 e. The molecule has 29 heavy (non-hydrogen) atoms. The molecular weight excluding hydrogens is 421 g/mol. The normalized spacial score (nSPS) is 15.1. The zero-order valence-corrected chi connectivity index (χ0v) is 16.7. The fourth-order valence-electron chi connectivity index (χ4n) is 2.40. The van der Waals surface area contributed by atoms with E-state index in [1.54, 1.807) is 11.7 Å². The standard InChI is InChI=1S/C13H22N4O4S.C2HF3O2/c1-21-7-6-16-4-3-5-17-12(10-16)15-11(8-13(17)18)9-14-22(2,19)20;3-2(4,5)1(6)7/h8,14H,3-7,9-10H2,1-2H3;(H,6,7). The van der Waals surface area contributed by atoms with Gasteiger partial charge in [0, 0.05) is 32.8 Å². The first kappa shape index (κ1) is 25.0. The highest BCUT2D eigenvalue weighted by molar-refractivity contribution is 7.88. The van der Waals surface area contributed by atoms with E-state index in [-0.39, 0.29) is 12.1 Å². The van der Waals surface area contributed by atoms with E-state index < -0.39 is 22.2 Å². The van der Waals surface area contributed by atoms with Crippen LogP contribution in [0.4, 0.5) is 13.2 Å². The molecule has 0 bridgehead atoms. The number of fused-ring (bicyclic) bond motifs is 1. The Kier molecular flexibility index (Phi) is 9.19. The molecule has 0 aromatic carbocycles. The monoisotopic (exact) mass is 444 g/mol. The first-order valence-electron chi connectivity index (χ1n) is 8.39. The van der Waals surface area contributed by atoms with Crippen LogP contribution in [0, 0.1) is 0 Å². The van der Waals surface area contributed by atoms with Crippen molar-refractivity contribution in [1.82, 2.24) is 19.2 Å². The SMILES string of the molecule is COCCN1CCCn2c(nc(CNS(C)(=O)=O)cc2=O)C1.O=C(O)C(F)(F)F. The Morgan fingerprint density at radius 1 is 1.38 bits per heavy atom. The number of methoxy groups -OCH3 is 1. The molecule has 1 aromatic heterocycles. The maximum absolute atomic E-state index is 12.2. The van der Waals surface area contributed by atoms with Crippen molar-refractivity contribution >= 4 is 16.0 Å². The molecule has 0 aliphatic carbocycles. The van der Waals surface area contributed by atoms with Gasteiger partial charge in [-0.25, -0.2) is 22.9 Å². The Bertz CT molecular complexity index is 857. The third kappa shape index (κ3) is 9.34. The largest absolute Gasteiger partial charge is 0.490 e. The van der Waals surface area contributed by atoms with Gasteiger partial charge in [0.15, 0.2) is 0 Å². The van der Waals surface area contributed by atoms with Crippen LogP contribution in [-0.2, 0) is 39.2 Å². The van der Waals surface area contributed by atoms with E-state index >= 15 is 0 Å². The first-order valence-corrected chi connectivity index (χ1v) is 10.3. The fraction of sp³-hybridized carbons (Fsp3) is 0.667. The van der Waals surface area contributed by atoms with Crippen molar-refractivity contribution in [2.75, 3.05) is 33.1 Å². The van der Waals surface area contributed by atoms with E-state index in [0.29, 0.717) is 31.2 Å². The zero-order valence-electron chi connectivity index (χ0n) is 15.9. The van der Waals surface area contributed by atoms with Gasteiger partial charge in [-0.3, -0.25) is 14.3 Å². The summed E-state index contributed by atoms with van der Waals surface area (Å²) in [6.07, 6.45) is -3.13. The summed E-state index contributed by atoms with van der Waals surface area (Å²) in [6.45, 7) is 3.50. The lowest BCUT2D eigenvalue weighted by Gasteiger charge is -2.19. The molecule has 0 radical (unpaired) electrons. The number of rotatable bonds is 6. The van der Waals surface area contributed by atoms with Crippen LogP contribution in [0.25, 0.3) is 0 Å². The van der Waals surface area contributed by atoms with Crippen LogP contribution in [0.5, 0.6) is 0 Å². The van der Waals surface area contributed by atoms with Crippen LogP contribution < -0.4 is 10.3 Å². The Balaban J connectivity index is 0.000000516. The molecule has 2 rings (SSSR count). The molecule has 0 unspecified atom stereocenters. The molecule has 0 saturated heterocycles. The summed E-state index contributed by atoms with van der Waals surface area (Å²) >= 11 is 0. The summed E-state index contributed by atoms with van der Waals surface area (Å²) in [6, 6.07) is 1.40. The third-order valence-electron chi connectivity index (χ3n) is 3.73. The summed E-state index contributed by atoms with van der Waals surface area (Å²) in [5, 5.41) is 7.12. The second-order valence-corrected chi connectivity index (χ2v) is 8.01. The minimum Gasteiger partial charge on any atom is -0.475 e. The number of carboxylic acid groups (broad SMARTS) is 1. The number of alkyl halides is 3. The van der Waals surface area contributed by atoms with Gasteiger partial charge < -0.3 is 9.84 Å². The van der Waals surface area contributed by atoms with E-state index in [1.807, 2.05) is 0 Å². The van der Waals surface area contributed by atoms with Gasteiger partial charge in [-0.2, -0.15) is 13.2 Å². The molecule has 0 fully saturated rings. The van der Waals surface area contributed by atoms with Crippen LogP contribution in [0.15, 0.2) is 10.9 Å². The Morgan fingerprint density at radius 2 is 2.00 bits per heavy atom. The van der Waals surface area contributed by atoms with Crippen LogP contribution in [0.2, 0.25) is 0 Å². The number of aliphatic carboxylic acids is 1. The van der Waals surface area contributed by atoms with Gasteiger partial charge in [-0.1, -0.05) is 0 Å². The summed E-state index contributed by atoms with van der Waals surface area (Å²) in [5.74, 6) is -2.08. The molecule has 10 nitrogen and oxygen atoms in total. The van der Waals surface area contributed by atoms with Gasteiger partial charge in [0.1, 0.15) is 5.82 Å². The highest BCUT2D eigenvalue weighted by Crippen LogP contribution is 2.13. The smallest absolute Gasteiger partial charge is 0.475 e. The topological polar surface area (TPSA) is 131 Å². The molecule has 0 spiro atoms. The van der Waals surface area contributed by atoms with Gasteiger partial charge in [0.05, 0.1) is 31.6 Å². The molecule has 2 N–H and O–H groups in total. The number of halogens is 3. The Hall–Kier alpha value is -2.03. The van der Waals surface area contributed by atoms with E-state index in [4.69, 9.17) is 14.6 Å². The number of nitrogens with one attached hydrogen (secondary N) is 1. The predicted molar refractivity (Wildman–Crippen MR) is 95.6 cm³/mol. The second kappa shape index (κ2) is 10.7. The van der Waals surface area contributed by atoms with E-state index in [9.17, 15) is 26.4 Å². The highest BCUT2D eigenvalue weighted by atomic mass is 32.2. The minimum absolute atomic E-state index is 0.0278. The number of hydrogen-bond donors (Lipinski definition) is 2. The van der Waals surface area contributed by atoms with Crippen molar-refractivity contribution in [2.45, 2.75) is 32.2 Å². The summed E-state index contributed by atoms with van der Waals surface area (Å²) in [4.78, 5) is 27.7. The third-order valence-corrected chi connectivity index (χ3v) is 4.40. The van der Waals surface area contributed by atoms with Gasteiger partial charge in [0.2, 0.25) is 10.0 Å². The van der Waals surface area contributed by atoms with Gasteiger partial charge in [0.25, 0.3) is 5.56 Å². The average molecular weight is 444 g/mol. The molecule has 1 aliphatic heterocycles. The van der Waals surface area contributed by atoms with Crippen molar-refractivity contribution < 1.29 is 36.2 Å². The molecule has 1 aromatic rings. The highest BCUT2D eigenvalue weighted by Gasteiger charge is 2.38. The lowest BCUT2D eigenvalue weighted by atomic mass is 10.3. The zero-order chi connectivity index (χ0) is 22.2. The van der Waals surface area contributed by atoms with Crippen molar-refractivity contribution in [3.8, 4) is 0 Å². The van der Waals surface area contributed by atoms with E-state index in [2.05, 4.69) is 14.6 Å². The lowest BCUT2D eigenvalue weighted by molar-refractivity contribution is -0.192. The molecule has 2 heterocycles. The quantitative estimate of drug-likeness (QED) is 0.616. The Morgan fingerprint density at radius 3 is 2.52 bits per heavy atom. The summed E-state index contributed by atoms with van der Waals surface area (Å²) in [7, 11) is -1.66. The number of carbonyl (C=O) groups is 1. The van der Waals surface area contributed by atoms with Crippen LogP contribution in [-0.4, -0.2) is 73.2 Å². The van der Waals surface area contributed by atoms with Crippen molar-refractivity contribution in [3.63, 3.8) is 0 Å². The molecule has 1 aliphatic rings. The minimum atomic E-state index is -5.08. The summed E-state index contributed by atoms with van der Waals surface area (Å²) in [5.41, 5.74) is 0.305. The van der Waals surface area contributed by atoms with Gasteiger partial charge >= 0.3 is 12.1 Å². The molecule has 14 heteroatoms. The maximum atomic E-state index is 12.2. The lowest BCUT2D eigenvalue weighted by Crippen LogP contribution is -2.30. The van der Waals surface area contributed by atoms with Crippen LogP contribution in [0.1, 0.15) is 17.9 Å². The number of nitrogens with zero attached hydrogens (tertiary/aromatic N) is 3. The van der Waals surface area contributed by atoms with Crippen molar-refractivity contribution in [1.29, 1.82) is 0 Å². The molecule has 166 valence electrons. The average Bonchev–Trinajstić information content (AvgIpc) is 2.79. The predicted octanol–water partition coefficient (Wildman–Crippen LogP) is -0.222. The number of ether oxygens (including phenoxy) is 1.